The van der Waals surface area contributed by atoms with Crippen molar-refractivity contribution in [2.24, 2.45) is 0 Å². The summed E-state index contributed by atoms with van der Waals surface area (Å²) in [6.45, 7) is 3.97. The van der Waals surface area contributed by atoms with Crippen LogP contribution in [-0.2, 0) is 6.54 Å². The number of amides is 1. The van der Waals surface area contributed by atoms with Gasteiger partial charge in [0.05, 0.1) is 0 Å². The normalized spacial score (nSPS) is 13.9. The molecule has 19 heavy (non-hydrogen) atoms. The Morgan fingerprint density at radius 1 is 1.00 bits per heavy atom. The van der Waals surface area contributed by atoms with Gasteiger partial charge < -0.3 is 4.90 Å². The number of carbonyl (C=O) groups is 1. The van der Waals surface area contributed by atoms with Crippen LogP contribution in [0.1, 0.15) is 67.8 Å². The third kappa shape index (κ3) is 3.82. The lowest BCUT2D eigenvalue weighted by atomic mass is 10.1. The fraction of sp³-hybridized carbons (Fsp3) is 0.588. The monoisotopic (exact) mass is 259 g/mol. The SMILES string of the molecule is CCCCCCCCCN1Cc2ccccc2C1=O. The highest BCUT2D eigenvalue weighted by Gasteiger charge is 2.25. The third-order valence-corrected chi connectivity index (χ3v) is 3.93. The van der Waals surface area contributed by atoms with E-state index < -0.39 is 0 Å². The number of fused-ring (bicyclic) bond motifs is 1. The molecule has 2 heteroatoms. The molecular weight excluding hydrogens is 234 g/mol. The van der Waals surface area contributed by atoms with E-state index in [0.717, 1.165) is 25.1 Å². The summed E-state index contributed by atoms with van der Waals surface area (Å²) in [7, 11) is 0. The summed E-state index contributed by atoms with van der Waals surface area (Å²) >= 11 is 0. The summed E-state index contributed by atoms with van der Waals surface area (Å²) in [6, 6.07) is 7.98. The Labute approximate surface area is 116 Å². The Balaban J connectivity index is 1.65. The maximum atomic E-state index is 12.1. The highest BCUT2D eigenvalue weighted by molar-refractivity contribution is 5.98. The summed E-state index contributed by atoms with van der Waals surface area (Å²) in [4.78, 5) is 14.1. The average Bonchev–Trinajstić information content (AvgIpc) is 2.75. The Kier molecular flexibility index (Phi) is 5.44. The van der Waals surface area contributed by atoms with Gasteiger partial charge in [-0.25, -0.2) is 0 Å². The molecule has 0 bridgehead atoms. The van der Waals surface area contributed by atoms with Gasteiger partial charge in [-0.05, 0) is 18.1 Å². The van der Waals surface area contributed by atoms with Gasteiger partial charge in [-0.15, -0.1) is 0 Å². The van der Waals surface area contributed by atoms with E-state index in [4.69, 9.17) is 0 Å². The van der Waals surface area contributed by atoms with Gasteiger partial charge in [0.1, 0.15) is 0 Å². The van der Waals surface area contributed by atoms with Gasteiger partial charge in [0, 0.05) is 18.7 Å². The Morgan fingerprint density at radius 3 is 2.42 bits per heavy atom. The first-order chi connectivity index (χ1) is 9.33. The molecule has 1 heterocycles. The Hall–Kier alpha value is -1.31. The lowest BCUT2D eigenvalue weighted by Crippen LogP contribution is -2.24. The minimum atomic E-state index is 0.224. The van der Waals surface area contributed by atoms with Crippen LogP contribution in [0.2, 0.25) is 0 Å². The number of nitrogens with zero attached hydrogens (tertiary/aromatic N) is 1. The molecule has 1 amide bonds. The van der Waals surface area contributed by atoms with Crippen molar-refractivity contribution in [1.29, 1.82) is 0 Å². The molecule has 0 aliphatic carbocycles. The van der Waals surface area contributed by atoms with Crippen LogP contribution < -0.4 is 0 Å². The molecule has 0 N–H and O–H groups in total. The Bertz CT molecular complexity index is 413. The predicted octanol–water partition coefficient (Wildman–Crippen LogP) is 4.39. The molecule has 0 saturated heterocycles. The van der Waals surface area contributed by atoms with Crippen molar-refractivity contribution < 1.29 is 4.79 Å². The summed E-state index contributed by atoms with van der Waals surface area (Å²) in [5.41, 5.74) is 2.10. The smallest absolute Gasteiger partial charge is 0.254 e. The topological polar surface area (TPSA) is 20.3 Å². The molecule has 1 aliphatic rings. The van der Waals surface area contributed by atoms with Gasteiger partial charge in [-0.2, -0.15) is 0 Å². The maximum absolute atomic E-state index is 12.1. The van der Waals surface area contributed by atoms with Crippen molar-refractivity contribution >= 4 is 5.91 Å². The van der Waals surface area contributed by atoms with Crippen molar-refractivity contribution in [1.82, 2.24) is 4.90 Å². The number of benzene rings is 1. The second-order valence-corrected chi connectivity index (χ2v) is 5.51. The molecule has 1 aromatic rings. The standard InChI is InChI=1S/C17H25NO/c1-2-3-4-5-6-7-10-13-18-14-15-11-8-9-12-16(15)17(18)19/h8-9,11-12H,2-7,10,13-14H2,1H3. The van der Waals surface area contributed by atoms with Crippen molar-refractivity contribution in [2.75, 3.05) is 6.54 Å². The molecule has 0 aromatic heterocycles. The second-order valence-electron chi connectivity index (χ2n) is 5.51. The van der Waals surface area contributed by atoms with E-state index in [0.29, 0.717) is 0 Å². The molecule has 0 spiro atoms. The lowest BCUT2D eigenvalue weighted by Gasteiger charge is -2.15. The quantitative estimate of drug-likeness (QED) is 0.634. The highest BCUT2D eigenvalue weighted by atomic mass is 16.2. The first-order valence-electron chi connectivity index (χ1n) is 7.70. The van der Waals surface area contributed by atoms with Crippen LogP contribution in [0.15, 0.2) is 24.3 Å². The molecular formula is C17H25NO. The van der Waals surface area contributed by atoms with Gasteiger partial charge in [0.2, 0.25) is 0 Å². The number of rotatable bonds is 8. The van der Waals surface area contributed by atoms with Crippen LogP contribution in [0.5, 0.6) is 0 Å². The molecule has 104 valence electrons. The average molecular weight is 259 g/mol. The van der Waals surface area contributed by atoms with Gasteiger partial charge in [0.15, 0.2) is 0 Å². The zero-order valence-electron chi connectivity index (χ0n) is 12.0. The van der Waals surface area contributed by atoms with E-state index in [9.17, 15) is 4.79 Å². The van der Waals surface area contributed by atoms with Crippen LogP contribution in [0.3, 0.4) is 0 Å². The molecule has 2 nitrogen and oxygen atoms in total. The van der Waals surface area contributed by atoms with E-state index in [-0.39, 0.29) is 5.91 Å². The third-order valence-electron chi connectivity index (χ3n) is 3.93. The van der Waals surface area contributed by atoms with Crippen molar-refractivity contribution in [3.8, 4) is 0 Å². The predicted molar refractivity (Wildman–Crippen MR) is 79.2 cm³/mol. The summed E-state index contributed by atoms with van der Waals surface area (Å²) in [6.07, 6.45) is 9.09. The van der Waals surface area contributed by atoms with Gasteiger partial charge in [-0.3, -0.25) is 4.79 Å². The van der Waals surface area contributed by atoms with E-state index >= 15 is 0 Å². The summed E-state index contributed by atoms with van der Waals surface area (Å²) < 4.78 is 0. The number of carbonyl (C=O) groups excluding carboxylic acids is 1. The summed E-state index contributed by atoms with van der Waals surface area (Å²) in [5.74, 6) is 0.224. The van der Waals surface area contributed by atoms with E-state index in [1.165, 1.54) is 44.1 Å². The highest BCUT2D eigenvalue weighted by Crippen LogP contribution is 2.22. The zero-order valence-corrected chi connectivity index (χ0v) is 12.0. The van der Waals surface area contributed by atoms with Crippen molar-refractivity contribution in [2.45, 2.75) is 58.4 Å². The Morgan fingerprint density at radius 2 is 1.68 bits per heavy atom. The molecule has 0 radical (unpaired) electrons. The van der Waals surface area contributed by atoms with Gasteiger partial charge in [-0.1, -0.05) is 63.6 Å². The van der Waals surface area contributed by atoms with Crippen LogP contribution >= 0.6 is 0 Å². The fourth-order valence-corrected chi connectivity index (χ4v) is 2.75. The molecule has 0 saturated carbocycles. The first kappa shape index (κ1) is 14.1. The fourth-order valence-electron chi connectivity index (χ4n) is 2.75. The largest absolute Gasteiger partial charge is 0.334 e. The van der Waals surface area contributed by atoms with Crippen LogP contribution in [0.4, 0.5) is 0 Å². The number of hydrogen-bond acceptors (Lipinski definition) is 1. The van der Waals surface area contributed by atoms with Gasteiger partial charge in [0.25, 0.3) is 5.91 Å². The van der Waals surface area contributed by atoms with Gasteiger partial charge >= 0.3 is 0 Å². The molecule has 0 fully saturated rings. The van der Waals surface area contributed by atoms with E-state index in [1.54, 1.807) is 0 Å². The minimum Gasteiger partial charge on any atom is -0.334 e. The van der Waals surface area contributed by atoms with Crippen LogP contribution in [-0.4, -0.2) is 17.4 Å². The second kappa shape index (κ2) is 7.32. The van der Waals surface area contributed by atoms with E-state index in [1.807, 2.05) is 23.1 Å². The van der Waals surface area contributed by atoms with Crippen LogP contribution in [0, 0.1) is 0 Å². The summed E-state index contributed by atoms with van der Waals surface area (Å²) in [5, 5.41) is 0. The molecule has 2 rings (SSSR count). The minimum absolute atomic E-state index is 0.224. The van der Waals surface area contributed by atoms with Crippen molar-refractivity contribution in [3.63, 3.8) is 0 Å². The van der Waals surface area contributed by atoms with Crippen LogP contribution in [0.25, 0.3) is 0 Å². The number of unbranched alkanes of at least 4 members (excludes halogenated alkanes) is 6. The molecule has 1 aliphatic heterocycles. The van der Waals surface area contributed by atoms with E-state index in [2.05, 4.69) is 13.0 Å². The number of hydrogen-bond donors (Lipinski definition) is 0. The zero-order chi connectivity index (χ0) is 13.5. The maximum Gasteiger partial charge on any atom is 0.254 e. The first-order valence-corrected chi connectivity index (χ1v) is 7.70. The lowest BCUT2D eigenvalue weighted by molar-refractivity contribution is 0.0775. The molecule has 0 atom stereocenters. The van der Waals surface area contributed by atoms with Crippen molar-refractivity contribution in [3.05, 3.63) is 35.4 Å². The molecule has 0 unspecified atom stereocenters. The molecule has 1 aromatic carbocycles.